The van der Waals surface area contributed by atoms with Crippen LogP contribution in [0.4, 0.5) is 0 Å². The lowest BCUT2D eigenvalue weighted by atomic mass is 10.1. The molecule has 2 aromatic rings. The Kier molecular flexibility index (Phi) is 4.68. The topological polar surface area (TPSA) is 62.2 Å². The Morgan fingerprint density at radius 1 is 1.47 bits per heavy atom. The van der Waals surface area contributed by atoms with E-state index in [0.29, 0.717) is 12.1 Å². The molecule has 0 fully saturated rings. The number of aliphatic hydroxyl groups is 1. The molecule has 6 heteroatoms. The summed E-state index contributed by atoms with van der Waals surface area (Å²) in [5, 5.41) is 18.7. The molecular formula is C13H16N2O2S2. The molecule has 2 unspecified atom stereocenters. The normalized spacial score (nSPS) is 14.1. The number of nitrogens with one attached hydrogen (secondary N) is 1. The predicted molar refractivity (Wildman–Crippen MR) is 78.7 cm³/mol. The second-order valence-electron chi connectivity index (χ2n) is 4.51. The fourth-order valence-electron chi connectivity index (χ4n) is 1.77. The maximum Gasteiger partial charge on any atom is 0.270 e. The molecule has 0 aromatic carbocycles. The summed E-state index contributed by atoms with van der Waals surface area (Å²) in [7, 11) is 0. The van der Waals surface area contributed by atoms with Crippen molar-refractivity contribution >= 4 is 28.6 Å². The van der Waals surface area contributed by atoms with Crippen LogP contribution in [0.1, 0.15) is 30.8 Å². The van der Waals surface area contributed by atoms with Crippen LogP contribution in [0.3, 0.4) is 0 Å². The number of amides is 1. The van der Waals surface area contributed by atoms with Gasteiger partial charge in [-0.05, 0) is 31.7 Å². The number of hydrogen-bond donors (Lipinski definition) is 2. The van der Waals surface area contributed by atoms with Gasteiger partial charge in [-0.25, -0.2) is 4.98 Å². The quantitative estimate of drug-likeness (QED) is 0.892. The molecule has 4 nitrogen and oxygen atoms in total. The van der Waals surface area contributed by atoms with Gasteiger partial charge in [0.05, 0.1) is 6.10 Å². The van der Waals surface area contributed by atoms with Gasteiger partial charge in [0, 0.05) is 22.4 Å². The van der Waals surface area contributed by atoms with Crippen molar-refractivity contribution in [2.75, 3.05) is 0 Å². The highest BCUT2D eigenvalue weighted by Gasteiger charge is 2.15. The average molecular weight is 296 g/mol. The molecule has 1 amide bonds. The number of carbonyl (C=O) groups is 1. The number of nitrogens with zero attached hydrogens (tertiary/aromatic N) is 1. The van der Waals surface area contributed by atoms with Crippen LogP contribution >= 0.6 is 22.7 Å². The molecule has 0 aliphatic carbocycles. The Balaban J connectivity index is 2.00. The molecule has 0 aliphatic rings. The summed E-state index contributed by atoms with van der Waals surface area (Å²) in [5.41, 5.74) is 1.48. The van der Waals surface area contributed by atoms with Crippen molar-refractivity contribution < 1.29 is 9.90 Å². The van der Waals surface area contributed by atoms with E-state index in [-0.39, 0.29) is 11.9 Å². The van der Waals surface area contributed by atoms with Crippen LogP contribution in [0.15, 0.2) is 22.2 Å². The van der Waals surface area contributed by atoms with Crippen molar-refractivity contribution in [2.24, 2.45) is 0 Å². The first kappa shape index (κ1) is 14.2. The maximum atomic E-state index is 12.0. The number of thiophene rings is 1. The van der Waals surface area contributed by atoms with Gasteiger partial charge in [0.1, 0.15) is 10.7 Å². The second-order valence-corrected chi connectivity index (χ2v) is 6.15. The third-order valence-corrected chi connectivity index (χ3v) is 4.15. The summed E-state index contributed by atoms with van der Waals surface area (Å²) in [5.74, 6) is -0.189. The highest BCUT2D eigenvalue weighted by molar-refractivity contribution is 7.14. The van der Waals surface area contributed by atoms with Gasteiger partial charge in [0.25, 0.3) is 5.91 Å². The first-order valence-electron chi connectivity index (χ1n) is 6.03. The zero-order valence-corrected chi connectivity index (χ0v) is 12.4. The van der Waals surface area contributed by atoms with Gasteiger partial charge in [-0.1, -0.05) is 0 Å². The number of thiazole rings is 1. The lowest BCUT2D eigenvalue weighted by Crippen LogP contribution is -2.34. The molecule has 19 heavy (non-hydrogen) atoms. The minimum atomic E-state index is -0.424. The highest BCUT2D eigenvalue weighted by atomic mass is 32.1. The molecular weight excluding hydrogens is 280 g/mol. The number of aliphatic hydroxyl groups excluding tert-OH is 1. The van der Waals surface area contributed by atoms with Crippen LogP contribution in [0, 0.1) is 0 Å². The number of carbonyl (C=O) groups excluding carboxylic acids is 1. The van der Waals surface area contributed by atoms with Crippen molar-refractivity contribution in [3.63, 3.8) is 0 Å². The fourth-order valence-corrected chi connectivity index (χ4v) is 3.28. The summed E-state index contributed by atoms with van der Waals surface area (Å²) in [6.45, 7) is 3.58. The van der Waals surface area contributed by atoms with E-state index < -0.39 is 6.10 Å². The van der Waals surface area contributed by atoms with E-state index in [1.807, 2.05) is 23.8 Å². The van der Waals surface area contributed by atoms with E-state index in [1.54, 1.807) is 23.6 Å². The van der Waals surface area contributed by atoms with E-state index in [4.69, 9.17) is 0 Å². The Labute approximate surface area is 120 Å². The van der Waals surface area contributed by atoms with Gasteiger partial charge in [0.2, 0.25) is 0 Å². The standard InChI is InChI=1S/C13H16N2O2S2/c1-8(5-9(2)16)14-12(17)11-7-19-13(15-11)10-3-4-18-6-10/h3-4,6-9,16H,5H2,1-2H3,(H,14,17). The van der Waals surface area contributed by atoms with Crippen molar-refractivity contribution in [2.45, 2.75) is 32.4 Å². The minimum absolute atomic E-state index is 0.0706. The van der Waals surface area contributed by atoms with Crippen LogP contribution in [0.25, 0.3) is 10.6 Å². The smallest absolute Gasteiger partial charge is 0.270 e. The third kappa shape index (κ3) is 3.86. The molecule has 0 bridgehead atoms. The molecule has 2 aromatic heterocycles. The maximum absolute atomic E-state index is 12.0. The molecule has 102 valence electrons. The number of rotatable bonds is 5. The van der Waals surface area contributed by atoms with Crippen LogP contribution in [0.2, 0.25) is 0 Å². The predicted octanol–water partition coefficient (Wildman–Crippen LogP) is 2.76. The Morgan fingerprint density at radius 2 is 2.26 bits per heavy atom. The first-order chi connectivity index (χ1) is 9.06. The van der Waals surface area contributed by atoms with Gasteiger partial charge >= 0.3 is 0 Å². The average Bonchev–Trinajstić information content (AvgIpc) is 2.99. The molecule has 0 saturated carbocycles. The van der Waals surface area contributed by atoms with Gasteiger partial charge in [-0.3, -0.25) is 4.79 Å². The van der Waals surface area contributed by atoms with Crippen molar-refractivity contribution in [1.82, 2.24) is 10.3 Å². The highest BCUT2D eigenvalue weighted by Crippen LogP contribution is 2.25. The molecule has 2 N–H and O–H groups in total. The Morgan fingerprint density at radius 3 is 2.89 bits per heavy atom. The zero-order valence-electron chi connectivity index (χ0n) is 10.8. The molecule has 0 aliphatic heterocycles. The summed E-state index contributed by atoms with van der Waals surface area (Å²) < 4.78 is 0. The number of aromatic nitrogens is 1. The lowest BCUT2D eigenvalue weighted by molar-refractivity contribution is 0.0919. The first-order valence-corrected chi connectivity index (χ1v) is 7.85. The summed E-state index contributed by atoms with van der Waals surface area (Å²) in [6.07, 6.45) is 0.111. The largest absolute Gasteiger partial charge is 0.393 e. The molecule has 0 saturated heterocycles. The monoisotopic (exact) mass is 296 g/mol. The summed E-state index contributed by atoms with van der Waals surface area (Å²) >= 11 is 3.07. The van der Waals surface area contributed by atoms with E-state index in [2.05, 4.69) is 10.3 Å². The van der Waals surface area contributed by atoms with Crippen LogP contribution in [-0.2, 0) is 0 Å². The molecule has 2 heterocycles. The summed E-state index contributed by atoms with van der Waals surface area (Å²) in [6, 6.07) is 1.92. The van der Waals surface area contributed by atoms with Gasteiger partial charge in [0.15, 0.2) is 0 Å². The van der Waals surface area contributed by atoms with Crippen molar-refractivity contribution in [3.05, 3.63) is 27.9 Å². The molecule has 0 radical (unpaired) electrons. The fraction of sp³-hybridized carbons (Fsp3) is 0.385. The van der Waals surface area contributed by atoms with Gasteiger partial charge in [-0.15, -0.1) is 11.3 Å². The third-order valence-electron chi connectivity index (χ3n) is 2.58. The van der Waals surface area contributed by atoms with E-state index in [9.17, 15) is 9.90 Å². The summed E-state index contributed by atoms with van der Waals surface area (Å²) in [4.78, 5) is 16.3. The zero-order chi connectivity index (χ0) is 13.8. The SMILES string of the molecule is CC(O)CC(C)NC(=O)c1csc(-c2ccsc2)n1. The van der Waals surface area contributed by atoms with Crippen molar-refractivity contribution in [1.29, 1.82) is 0 Å². The van der Waals surface area contributed by atoms with Gasteiger partial charge < -0.3 is 10.4 Å². The van der Waals surface area contributed by atoms with Crippen LogP contribution < -0.4 is 5.32 Å². The van der Waals surface area contributed by atoms with E-state index >= 15 is 0 Å². The van der Waals surface area contributed by atoms with E-state index in [1.165, 1.54) is 11.3 Å². The molecule has 0 spiro atoms. The molecule has 2 rings (SSSR count). The van der Waals surface area contributed by atoms with Gasteiger partial charge in [-0.2, -0.15) is 11.3 Å². The number of hydrogen-bond acceptors (Lipinski definition) is 5. The van der Waals surface area contributed by atoms with Crippen molar-refractivity contribution in [3.8, 4) is 10.6 Å². The lowest BCUT2D eigenvalue weighted by Gasteiger charge is -2.14. The minimum Gasteiger partial charge on any atom is -0.393 e. The van der Waals surface area contributed by atoms with Crippen LogP contribution in [0.5, 0.6) is 0 Å². The second kappa shape index (κ2) is 6.27. The molecule has 2 atom stereocenters. The Hall–Kier alpha value is -1.24. The van der Waals surface area contributed by atoms with Crippen LogP contribution in [-0.4, -0.2) is 28.1 Å². The Bertz CT molecular complexity index is 535. The van der Waals surface area contributed by atoms with E-state index in [0.717, 1.165) is 10.6 Å².